The number of hydrogen-bond donors (Lipinski definition) is 1. The van der Waals surface area contributed by atoms with Gasteiger partial charge in [0, 0.05) is 5.69 Å². The van der Waals surface area contributed by atoms with Crippen LogP contribution < -0.4 is 0 Å². The molecule has 1 N–H and O–H groups in total. The molecule has 16 heavy (non-hydrogen) atoms. The van der Waals surface area contributed by atoms with Gasteiger partial charge in [0.2, 0.25) is 0 Å². The Morgan fingerprint density at radius 2 is 1.94 bits per heavy atom. The first kappa shape index (κ1) is 10.7. The number of halogens is 1. The summed E-state index contributed by atoms with van der Waals surface area (Å²) in [7, 11) is 0. The third-order valence-electron chi connectivity index (χ3n) is 2.36. The molecule has 1 heterocycles. The molecule has 5 heteroatoms. The number of nitro groups is 1. The molecule has 0 saturated carbocycles. The van der Waals surface area contributed by atoms with Gasteiger partial charge in [-0.3, -0.25) is 10.1 Å². The summed E-state index contributed by atoms with van der Waals surface area (Å²) < 4.78 is 0. The van der Waals surface area contributed by atoms with E-state index < -0.39 is 4.92 Å². The van der Waals surface area contributed by atoms with Crippen LogP contribution in [-0.4, -0.2) is 9.91 Å². The molecule has 2 aromatic rings. The Balaban J connectivity index is 2.69. The van der Waals surface area contributed by atoms with Gasteiger partial charge in [0.05, 0.1) is 10.5 Å². The number of H-pyrrole nitrogens is 1. The summed E-state index contributed by atoms with van der Waals surface area (Å²) in [5.41, 5.74) is 1.97. The van der Waals surface area contributed by atoms with E-state index in [4.69, 9.17) is 11.6 Å². The van der Waals surface area contributed by atoms with Crippen LogP contribution in [0.15, 0.2) is 30.3 Å². The van der Waals surface area contributed by atoms with Crippen molar-refractivity contribution in [1.82, 2.24) is 4.98 Å². The normalized spacial score (nSPS) is 10.4. The molecule has 1 aromatic heterocycles. The van der Waals surface area contributed by atoms with Crippen LogP contribution in [0.4, 0.5) is 5.69 Å². The zero-order chi connectivity index (χ0) is 11.7. The highest BCUT2D eigenvalue weighted by Crippen LogP contribution is 2.38. The van der Waals surface area contributed by atoms with Crippen molar-refractivity contribution in [2.24, 2.45) is 0 Å². The fraction of sp³-hybridized carbons (Fsp3) is 0.0909. The van der Waals surface area contributed by atoms with E-state index in [9.17, 15) is 10.1 Å². The van der Waals surface area contributed by atoms with Crippen LogP contribution in [0, 0.1) is 17.0 Å². The number of aryl methyl sites for hydroxylation is 1. The average molecular weight is 237 g/mol. The Hall–Kier alpha value is -1.81. The molecule has 4 nitrogen and oxygen atoms in total. The summed E-state index contributed by atoms with van der Waals surface area (Å²) in [6, 6.07) is 9.16. The van der Waals surface area contributed by atoms with Crippen molar-refractivity contribution in [2.75, 3.05) is 0 Å². The molecular weight excluding hydrogens is 228 g/mol. The van der Waals surface area contributed by atoms with Gasteiger partial charge in [0.25, 0.3) is 0 Å². The van der Waals surface area contributed by atoms with E-state index >= 15 is 0 Å². The highest BCUT2D eigenvalue weighted by Gasteiger charge is 2.24. The smallest absolute Gasteiger partial charge is 0.313 e. The number of nitrogens with one attached hydrogen (secondary N) is 1. The minimum atomic E-state index is -0.464. The van der Waals surface area contributed by atoms with E-state index in [0.717, 1.165) is 5.56 Å². The quantitative estimate of drug-likeness (QED) is 0.640. The van der Waals surface area contributed by atoms with E-state index in [1.165, 1.54) is 0 Å². The lowest BCUT2D eigenvalue weighted by Gasteiger charge is -1.99. The van der Waals surface area contributed by atoms with Gasteiger partial charge < -0.3 is 4.98 Å². The summed E-state index contributed by atoms with van der Waals surface area (Å²) >= 11 is 5.80. The minimum Gasteiger partial charge on any atom is -0.343 e. The second kappa shape index (κ2) is 3.98. The predicted octanol–water partition coefficient (Wildman–Crippen LogP) is 3.55. The van der Waals surface area contributed by atoms with Crippen molar-refractivity contribution < 1.29 is 4.92 Å². The Kier molecular flexibility index (Phi) is 2.66. The third-order valence-corrected chi connectivity index (χ3v) is 2.64. The predicted molar refractivity (Wildman–Crippen MR) is 62.6 cm³/mol. The minimum absolute atomic E-state index is 0.0645. The number of hydrogen-bond acceptors (Lipinski definition) is 2. The summed E-state index contributed by atoms with van der Waals surface area (Å²) in [5.74, 6) is 0. The summed E-state index contributed by atoms with van der Waals surface area (Å²) in [6.45, 7) is 1.77. The van der Waals surface area contributed by atoms with Gasteiger partial charge >= 0.3 is 5.69 Å². The van der Waals surface area contributed by atoms with E-state index in [1.54, 1.807) is 6.92 Å². The summed E-state index contributed by atoms with van der Waals surface area (Å²) in [6.07, 6.45) is 0. The fourth-order valence-electron chi connectivity index (χ4n) is 1.70. The topological polar surface area (TPSA) is 58.9 Å². The number of benzene rings is 1. The van der Waals surface area contributed by atoms with Gasteiger partial charge in [0.1, 0.15) is 0 Å². The highest BCUT2D eigenvalue weighted by molar-refractivity contribution is 6.32. The van der Waals surface area contributed by atoms with Crippen LogP contribution in [0.25, 0.3) is 11.1 Å². The lowest BCUT2D eigenvalue weighted by atomic mass is 10.1. The van der Waals surface area contributed by atoms with E-state index in [0.29, 0.717) is 11.3 Å². The van der Waals surface area contributed by atoms with E-state index in [-0.39, 0.29) is 10.8 Å². The molecule has 0 aliphatic rings. The van der Waals surface area contributed by atoms with E-state index in [1.807, 2.05) is 30.3 Å². The average Bonchev–Trinajstić information content (AvgIpc) is 2.55. The molecule has 0 radical (unpaired) electrons. The highest BCUT2D eigenvalue weighted by atomic mass is 35.5. The van der Waals surface area contributed by atoms with Crippen molar-refractivity contribution in [2.45, 2.75) is 6.92 Å². The van der Waals surface area contributed by atoms with Crippen molar-refractivity contribution in [1.29, 1.82) is 0 Å². The number of rotatable bonds is 2. The van der Waals surface area contributed by atoms with Crippen LogP contribution in [0.5, 0.6) is 0 Å². The summed E-state index contributed by atoms with van der Waals surface area (Å²) in [5, 5.41) is 11.0. The second-order valence-electron chi connectivity index (χ2n) is 3.41. The maximum Gasteiger partial charge on any atom is 0.313 e. The maximum absolute atomic E-state index is 10.9. The number of aromatic nitrogens is 1. The van der Waals surface area contributed by atoms with Crippen molar-refractivity contribution >= 4 is 17.3 Å². The van der Waals surface area contributed by atoms with E-state index in [2.05, 4.69) is 4.98 Å². The van der Waals surface area contributed by atoms with Crippen molar-refractivity contribution in [3.63, 3.8) is 0 Å². The van der Waals surface area contributed by atoms with Gasteiger partial charge in [-0.05, 0) is 12.5 Å². The van der Waals surface area contributed by atoms with Crippen LogP contribution in [0.3, 0.4) is 0 Å². The Morgan fingerprint density at radius 3 is 2.50 bits per heavy atom. The molecular formula is C11H9ClN2O2. The largest absolute Gasteiger partial charge is 0.343 e. The molecule has 0 aliphatic carbocycles. The molecule has 0 aliphatic heterocycles. The van der Waals surface area contributed by atoms with Crippen LogP contribution in [-0.2, 0) is 0 Å². The molecule has 0 atom stereocenters. The zero-order valence-corrected chi connectivity index (χ0v) is 9.28. The number of nitrogens with zero attached hydrogens (tertiary/aromatic N) is 1. The standard InChI is InChI=1S/C11H9ClN2O2/c1-7-9(8-5-3-2-4-6-8)10(14(15)16)11(12)13-7/h2-6,13H,1H3. The molecule has 0 unspecified atom stereocenters. The molecule has 0 amide bonds. The third kappa shape index (κ3) is 1.67. The second-order valence-corrected chi connectivity index (χ2v) is 3.79. The first-order valence-corrected chi connectivity index (χ1v) is 5.07. The van der Waals surface area contributed by atoms with Crippen molar-refractivity contribution in [3.05, 3.63) is 51.3 Å². The van der Waals surface area contributed by atoms with Gasteiger partial charge in [-0.25, -0.2) is 0 Å². The molecule has 0 bridgehead atoms. The van der Waals surface area contributed by atoms with Crippen LogP contribution in [0.1, 0.15) is 5.69 Å². The lowest BCUT2D eigenvalue weighted by Crippen LogP contribution is -1.89. The zero-order valence-electron chi connectivity index (χ0n) is 8.53. The van der Waals surface area contributed by atoms with Gasteiger partial charge in [0.15, 0.2) is 5.15 Å². The first-order chi connectivity index (χ1) is 7.61. The SMILES string of the molecule is Cc1[nH]c(Cl)c([N+](=O)[O-])c1-c1ccccc1. The monoisotopic (exact) mass is 236 g/mol. The Bertz CT molecular complexity index is 534. The molecule has 0 fully saturated rings. The Morgan fingerprint density at radius 1 is 1.31 bits per heavy atom. The molecule has 2 rings (SSSR count). The molecule has 1 aromatic carbocycles. The molecule has 0 saturated heterocycles. The molecule has 82 valence electrons. The van der Waals surface area contributed by atoms with Crippen molar-refractivity contribution in [3.8, 4) is 11.1 Å². The lowest BCUT2D eigenvalue weighted by molar-refractivity contribution is -0.383. The maximum atomic E-state index is 10.9. The molecule has 0 spiro atoms. The fourth-order valence-corrected chi connectivity index (χ4v) is 2.01. The van der Waals surface area contributed by atoms with Crippen LogP contribution >= 0.6 is 11.6 Å². The van der Waals surface area contributed by atoms with Gasteiger partial charge in [-0.2, -0.15) is 0 Å². The first-order valence-electron chi connectivity index (χ1n) is 4.69. The van der Waals surface area contributed by atoms with Gasteiger partial charge in [-0.1, -0.05) is 41.9 Å². The van der Waals surface area contributed by atoms with Gasteiger partial charge in [-0.15, -0.1) is 0 Å². The van der Waals surface area contributed by atoms with Crippen LogP contribution in [0.2, 0.25) is 5.15 Å². The summed E-state index contributed by atoms with van der Waals surface area (Å²) in [4.78, 5) is 13.2. The Labute approximate surface area is 97.0 Å². The number of aromatic amines is 1.